The number of carbonyl (C=O) groups is 3. The monoisotopic (exact) mass is 480 g/mol. The topological polar surface area (TPSA) is 105 Å². The molecule has 0 bridgehead atoms. The maximum Gasteiger partial charge on any atom is 0.407 e. The molecule has 2 aromatic rings. The predicted octanol–water partition coefficient (Wildman–Crippen LogP) is 4.95. The number of rotatable bonds is 12. The summed E-state index contributed by atoms with van der Waals surface area (Å²) in [6.07, 6.45) is 1.80. The fourth-order valence-electron chi connectivity index (χ4n) is 4.52. The van der Waals surface area contributed by atoms with Gasteiger partial charge in [-0.1, -0.05) is 75.7 Å². The number of hydrogen-bond donors (Lipinski definition) is 3. The molecule has 35 heavy (non-hydrogen) atoms. The van der Waals surface area contributed by atoms with E-state index in [1.807, 2.05) is 45.0 Å². The van der Waals surface area contributed by atoms with Crippen LogP contribution < -0.4 is 10.6 Å². The van der Waals surface area contributed by atoms with E-state index < -0.39 is 18.1 Å². The number of aliphatic carboxylic acids is 1. The molecule has 3 N–H and O–H groups in total. The Morgan fingerprint density at radius 1 is 0.971 bits per heavy atom. The summed E-state index contributed by atoms with van der Waals surface area (Å²) in [6, 6.07) is 15.6. The first-order valence-electron chi connectivity index (χ1n) is 12.4. The second-order valence-corrected chi connectivity index (χ2v) is 9.45. The fourth-order valence-corrected chi connectivity index (χ4v) is 4.52. The van der Waals surface area contributed by atoms with Crippen LogP contribution in [0.25, 0.3) is 11.1 Å². The van der Waals surface area contributed by atoms with E-state index in [-0.39, 0.29) is 36.7 Å². The molecule has 7 heteroatoms. The van der Waals surface area contributed by atoms with E-state index in [0.717, 1.165) is 0 Å². The number of hydrogen-bond acceptors (Lipinski definition) is 4. The Balaban J connectivity index is 1.38. The van der Waals surface area contributed by atoms with Gasteiger partial charge in [-0.25, -0.2) is 9.59 Å². The highest BCUT2D eigenvalue weighted by atomic mass is 16.5. The van der Waals surface area contributed by atoms with E-state index in [1.165, 1.54) is 22.3 Å². The van der Waals surface area contributed by atoms with Gasteiger partial charge in [0.1, 0.15) is 12.6 Å². The predicted molar refractivity (Wildman–Crippen MR) is 135 cm³/mol. The first-order chi connectivity index (χ1) is 16.8. The highest BCUT2D eigenvalue weighted by molar-refractivity contribution is 5.83. The number of alkyl carbamates (subject to hydrolysis) is 1. The molecule has 0 saturated heterocycles. The van der Waals surface area contributed by atoms with Gasteiger partial charge in [0.15, 0.2) is 0 Å². The van der Waals surface area contributed by atoms with Crippen molar-refractivity contribution in [3.05, 3.63) is 59.7 Å². The largest absolute Gasteiger partial charge is 0.480 e. The summed E-state index contributed by atoms with van der Waals surface area (Å²) in [5.41, 5.74) is 4.72. The first kappa shape index (κ1) is 26.3. The lowest BCUT2D eigenvalue weighted by atomic mass is 9.98. The van der Waals surface area contributed by atoms with Crippen LogP contribution in [0.15, 0.2) is 48.5 Å². The molecule has 2 amide bonds. The second kappa shape index (κ2) is 12.4. The molecule has 0 saturated carbocycles. The number of nitrogens with one attached hydrogen (secondary N) is 2. The highest BCUT2D eigenvalue weighted by Crippen LogP contribution is 2.44. The van der Waals surface area contributed by atoms with Crippen LogP contribution in [0.1, 0.15) is 63.5 Å². The average molecular weight is 481 g/mol. The van der Waals surface area contributed by atoms with Crippen molar-refractivity contribution >= 4 is 18.0 Å². The van der Waals surface area contributed by atoms with Gasteiger partial charge in [0, 0.05) is 18.9 Å². The summed E-state index contributed by atoms with van der Waals surface area (Å²) in [6.45, 7) is 6.45. The van der Waals surface area contributed by atoms with Crippen molar-refractivity contribution in [1.29, 1.82) is 0 Å². The van der Waals surface area contributed by atoms with Gasteiger partial charge in [0.2, 0.25) is 5.91 Å². The van der Waals surface area contributed by atoms with Gasteiger partial charge < -0.3 is 20.5 Å². The minimum atomic E-state index is -1.01. The lowest BCUT2D eigenvalue weighted by Gasteiger charge is -2.20. The Morgan fingerprint density at radius 2 is 1.57 bits per heavy atom. The number of carbonyl (C=O) groups excluding carboxylic acids is 2. The molecular formula is C28H36N2O5. The third-order valence-electron chi connectivity index (χ3n) is 6.91. The summed E-state index contributed by atoms with van der Waals surface area (Å²) in [5.74, 6) is -1.17. The molecule has 3 atom stereocenters. The number of ether oxygens (including phenoxy) is 1. The molecule has 0 fully saturated rings. The van der Waals surface area contributed by atoms with Crippen molar-refractivity contribution in [1.82, 2.24) is 10.6 Å². The van der Waals surface area contributed by atoms with Gasteiger partial charge in [-0.15, -0.1) is 0 Å². The minimum absolute atomic E-state index is 0.0237. The zero-order valence-corrected chi connectivity index (χ0v) is 20.8. The third kappa shape index (κ3) is 6.84. The number of carboxylic acids is 1. The Kier molecular flexibility index (Phi) is 9.29. The third-order valence-corrected chi connectivity index (χ3v) is 6.91. The molecule has 0 radical (unpaired) electrons. The normalized spacial score (nSPS) is 14.8. The van der Waals surface area contributed by atoms with Gasteiger partial charge >= 0.3 is 12.1 Å². The van der Waals surface area contributed by atoms with E-state index in [2.05, 4.69) is 34.9 Å². The van der Waals surface area contributed by atoms with Crippen LogP contribution in [0, 0.1) is 11.8 Å². The van der Waals surface area contributed by atoms with Crippen molar-refractivity contribution in [2.45, 2.75) is 58.4 Å². The fraction of sp³-hybridized carbons (Fsp3) is 0.464. The molecule has 0 spiro atoms. The highest BCUT2D eigenvalue weighted by Gasteiger charge is 2.29. The molecule has 1 aliphatic rings. The second-order valence-electron chi connectivity index (χ2n) is 9.45. The molecule has 0 aromatic heterocycles. The molecule has 188 valence electrons. The summed E-state index contributed by atoms with van der Waals surface area (Å²) in [7, 11) is 0. The van der Waals surface area contributed by atoms with Crippen LogP contribution in [0.5, 0.6) is 0 Å². The zero-order chi connectivity index (χ0) is 25.4. The SMILES string of the molecule is CCC(C)[C@H](NC(=O)CCC(C)CCNC(=O)OCC1c2ccccc2-c2ccccc21)C(=O)O. The van der Waals surface area contributed by atoms with Crippen molar-refractivity contribution in [3.63, 3.8) is 0 Å². The van der Waals surface area contributed by atoms with Crippen LogP contribution in [-0.4, -0.2) is 42.3 Å². The van der Waals surface area contributed by atoms with Crippen LogP contribution in [0.2, 0.25) is 0 Å². The molecule has 7 nitrogen and oxygen atoms in total. The van der Waals surface area contributed by atoms with Gasteiger partial charge in [0.05, 0.1) is 0 Å². The quantitative estimate of drug-likeness (QED) is 0.399. The maximum atomic E-state index is 12.3. The lowest BCUT2D eigenvalue weighted by molar-refractivity contribution is -0.143. The van der Waals surface area contributed by atoms with Crippen LogP contribution in [0.4, 0.5) is 4.79 Å². The van der Waals surface area contributed by atoms with Crippen molar-refractivity contribution in [3.8, 4) is 11.1 Å². The smallest absolute Gasteiger partial charge is 0.407 e. The summed E-state index contributed by atoms with van der Waals surface area (Å²) >= 11 is 0. The van der Waals surface area contributed by atoms with E-state index in [0.29, 0.717) is 25.8 Å². The Hall–Kier alpha value is -3.35. The van der Waals surface area contributed by atoms with Crippen LogP contribution >= 0.6 is 0 Å². The number of benzene rings is 2. The van der Waals surface area contributed by atoms with E-state index in [1.54, 1.807) is 0 Å². The summed E-state index contributed by atoms with van der Waals surface area (Å²) < 4.78 is 5.55. The summed E-state index contributed by atoms with van der Waals surface area (Å²) in [4.78, 5) is 35.9. The molecule has 0 aliphatic heterocycles. The Bertz CT molecular complexity index is 992. The van der Waals surface area contributed by atoms with Crippen LogP contribution in [-0.2, 0) is 14.3 Å². The zero-order valence-electron chi connectivity index (χ0n) is 20.8. The summed E-state index contributed by atoms with van der Waals surface area (Å²) in [5, 5.41) is 14.7. The van der Waals surface area contributed by atoms with Crippen LogP contribution in [0.3, 0.4) is 0 Å². The van der Waals surface area contributed by atoms with Gasteiger partial charge in [-0.3, -0.25) is 4.79 Å². The molecule has 2 unspecified atom stereocenters. The Morgan fingerprint density at radius 3 is 2.14 bits per heavy atom. The van der Waals surface area contributed by atoms with Crippen molar-refractivity contribution in [2.75, 3.05) is 13.2 Å². The van der Waals surface area contributed by atoms with E-state index >= 15 is 0 Å². The first-order valence-corrected chi connectivity index (χ1v) is 12.4. The Labute approximate surface area is 207 Å². The molecule has 1 aliphatic carbocycles. The number of carboxylic acid groups (broad SMARTS) is 1. The number of fused-ring (bicyclic) bond motifs is 3. The minimum Gasteiger partial charge on any atom is -0.480 e. The van der Waals surface area contributed by atoms with Gasteiger partial charge in [-0.2, -0.15) is 0 Å². The molecule has 3 rings (SSSR count). The van der Waals surface area contributed by atoms with Crippen molar-refractivity contribution in [2.24, 2.45) is 11.8 Å². The van der Waals surface area contributed by atoms with Crippen molar-refractivity contribution < 1.29 is 24.2 Å². The standard InChI is InChI=1S/C28H36N2O5/c1-4-19(3)26(27(32)33)30-25(31)14-13-18(2)15-16-29-28(34)35-17-24-22-11-7-5-9-20(22)21-10-6-8-12-23(21)24/h5-12,18-19,24,26H,4,13-17H2,1-3H3,(H,29,34)(H,30,31)(H,32,33)/t18?,19?,26-/m0/s1. The van der Waals surface area contributed by atoms with E-state index in [4.69, 9.17) is 4.74 Å². The van der Waals surface area contributed by atoms with Gasteiger partial charge in [-0.05, 0) is 46.9 Å². The van der Waals surface area contributed by atoms with E-state index in [9.17, 15) is 19.5 Å². The maximum absolute atomic E-state index is 12.3. The van der Waals surface area contributed by atoms with Gasteiger partial charge in [0.25, 0.3) is 0 Å². The molecule has 2 aromatic carbocycles. The molecular weight excluding hydrogens is 444 g/mol. The lowest BCUT2D eigenvalue weighted by Crippen LogP contribution is -2.45. The number of amides is 2. The average Bonchev–Trinajstić information content (AvgIpc) is 3.17. The molecule has 0 heterocycles.